The Hall–Kier alpha value is -2.89. The van der Waals surface area contributed by atoms with Crippen LogP contribution in [-0.4, -0.2) is 51.1 Å². The van der Waals surface area contributed by atoms with Crippen LogP contribution in [0.5, 0.6) is 0 Å². The SMILES string of the molecule is O=C1S/C(=C\c2ccc3c(cnn3Cc3ccc(Cl)cc3C(F)(F)F)c2)C(=O)N1C1CNC[C@H]1F. The summed E-state index contributed by atoms with van der Waals surface area (Å²) in [6.07, 6.45) is -2.82. The van der Waals surface area contributed by atoms with E-state index in [4.69, 9.17) is 11.6 Å². The summed E-state index contributed by atoms with van der Waals surface area (Å²) in [7, 11) is 0. The molecule has 5 rings (SSSR count). The lowest BCUT2D eigenvalue weighted by Gasteiger charge is -2.21. The number of benzene rings is 2. The third-order valence-electron chi connectivity index (χ3n) is 5.93. The summed E-state index contributed by atoms with van der Waals surface area (Å²) in [6.45, 7) is 0.182. The van der Waals surface area contributed by atoms with Crippen molar-refractivity contribution in [1.82, 2.24) is 20.0 Å². The summed E-state index contributed by atoms with van der Waals surface area (Å²) in [6, 6.07) is 7.86. The Balaban J connectivity index is 1.41. The number of thioether (sulfide) groups is 1. The van der Waals surface area contributed by atoms with Crippen LogP contribution in [-0.2, 0) is 17.5 Å². The number of carbonyl (C=O) groups excluding carboxylic acids is 2. The largest absolute Gasteiger partial charge is 0.416 e. The van der Waals surface area contributed by atoms with Crippen molar-refractivity contribution in [2.75, 3.05) is 13.1 Å². The topological polar surface area (TPSA) is 67.2 Å². The molecule has 2 aromatic carbocycles. The molecule has 1 aromatic heterocycles. The average Bonchev–Trinajstić information content (AvgIpc) is 3.46. The molecule has 0 bridgehead atoms. The van der Waals surface area contributed by atoms with E-state index in [9.17, 15) is 27.2 Å². The fourth-order valence-corrected chi connectivity index (χ4v) is 5.29. The Morgan fingerprint density at radius 2 is 1.97 bits per heavy atom. The summed E-state index contributed by atoms with van der Waals surface area (Å²) in [5, 5.41) is 7.17. The van der Waals surface area contributed by atoms with Gasteiger partial charge in [0.25, 0.3) is 11.1 Å². The lowest BCUT2D eigenvalue weighted by atomic mass is 10.1. The predicted octanol–water partition coefficient (Wildman–Crippen LogP) is 5.10. The maximum atomic E-state index is 14.1. The number of alkyl halides is 4. The summed E-state index contributed by atoms with van der Waals surface area (Å²) in [5.41, 5.74) is 0.396. The zero-order valence-electron chi connectivity index (χ0n) is 17.9. The summed E-state index contributed by atoms with van der Waals surface area (Å²) in [4.78, 5) is 26.3. The fraction of sp³-hybridized carbons (Fsp3) is 0.261. The first-order chi connectivity index (χ1) is 16.6. The van der Waals surface area contributed by atoms with Crippen molar-refractivity contribution in [3.63, 3.8) is 0 Å². The third-order valence-corrected chi connectivity index (χ3v) is 7.05. The summed E-state index contributed by atoms with van der Waals surface area (Å²) in [5.74, 6) is -0.547. The maximum absolute atomic E-state index is 14.1. The van der Waals surface area contributed by atoms with Gasteiger partial charge in [-0.25, -0.2) is 4.39 Å². The molecular formula is C23H17ClF4N4O2S. The van der Waals surface area contributed by atoms with Gasteiger partial charge >= 0.3 is 6.18 Å². The highest BCUT2D eigenvalue weighted by Gasteiger charge is 2.44. The second-order valence-electron chi connectivity index (χ2n) is 8.21. The van der Waals surface area contributed by atoms with Gasteiger partial charge in [0.1, 0.15) is 6.17 Å². The van der Waals surface area contributed by atoms with Crippen molar-refractivity contribution in [3.8, 4) is 0 Å². The monoisotopic (exact) mass is 524 g/mol. The number of rotatable bonds is 4. The summed E-state index contributed by atoms with van der Waals surface area (Å²) >= 11 is 6.51. The Morgan fingerprint density at radius 3 is 2.69 bits per heavy atom. The van der Waals surface area contributed by atoms with Crippen molar-refractivity contribution in [2.24, 2.45) is 0 Å². The number of hydrogen-bond donors (Lipinski definition) is 1. The number of nitrogens with one attached hydrogen (secondary N) is 1. The van der Waals surface area contributed by atoms with Gasteiger partial charge in [0.05, 0.1) is 34.8 Å². The Kier molecular flexibility index (Phi) is 6.10. The van der Waals surface area contributed by atoms with Gasteiger partial charge < -0.3 is 5.32 Å². The van der Waals surface area contributed by atoms with Crippen molar-refractivity contribution in [2.45, 2.75) is 24.9 Å². The molecule has 3 aromatic rings. The van der Waals surface area contributed by atoms with Crippen molar-refractivity contribution in [1.29, 1.82) is 0 Å². The van der Waals surface area contributed by atoms with Gasteiger partial charge in [-0.15, -0.1) is 0 Å². The van der Waals surface area contributed by atoms with Gasteiger partial charge in [0.15, 0.2) is 0 Å². The second kappa shape index (κ2) is 8.96. The van der Waals surface area contributed by atoms with E-state index >= 15 is 0 Å². The van der Waals surface area contributed by atoms with Crippen LogP contribution >= 0.6 is 23.4 Å². The molecular weight excluding hydrogens is 508 g/mol. The van der Waals surface area contributed by atoms with Crippen molar-refractivity contribution in [3.05, 3.63) is 69.2 Å². The molecule has 2 atom stereocenters. The van der Waals surface area contributed by atoms with E-state index in [0.717, 1.165) is 22.7 Å². The first-order valence-electron chi connectivity index (χ1n) is 10.5. The molecule has 182 valence electrons. The minimum Gasteiger partial charge on any atom is -0.312 e. The first-order valence-corrected chi connectivity index (χ1v) is 11.7. The van der Waals surface area contributed by atoms with Gasteiger partial charge in [0.2, 0.25) is 0 Å². The van der Waals surface area contributed by atoms with E-state index in [-0.39, 0.29) is 35.1 Å². The van der Waals surface area contributed by atoms with Crippen LogP contribution in [0.3, 0.4) is 0 Å². The Labute approximate surface area is 205 Å². The van der Waals surface area contributed by atoms with Crippen molar-refractivity contribution >= 4 is 51.5 Å². The molecule has 0 radical (unpaired) electrons. The molecule has 2 fully saturated rings. The predicted molar refractivity (Wildman–Crippen MR) is 125 cm³/mol. The minimum atomic E-state index is -4.56. The maximum Gasteiger partial charge on any atom is 0.416 e. The van der Waals surface area contributed by atoms with Crippen molar-refractivity contribution < 1.29 is 27.2 Å². The number of carbonyl (C=O) groups is 2. The Bertz CT molecular complexity index is 1370. The quantitative estimate of drug-likeness (QED) is 0.380. The van der Waals surface area contributed by atoms with E-state index in [0.29, 0.717) is 16.5 Å². The number of halogens is 5. The smallest absolute Gasteiger partial charge is 0.312 e. The molecule has 1 unspecified atom stereocenters. The second-order valence-corrected chi connectivity index (χ2v) is 9.64. The highest BCUT2D eigenvalue weighted by atomic mass is 35.5. The number of imide groups is 1. The number of fused-ring (bicyclic) bond motifs is 1. The van der Waals surface area contributed by atoms with E-state index in [2.05, 4.69) is 10.4 Å². The van der Waals surface area contributed by atoms with Crippen LogP contribution in [0.2, 0.25) is 5.02 Å². The van der Waals surface area contributed by atoms with Crippen LogP contribution in [0.25, 0.3) is 17.0 Å². The number of hydrogen-bond acceptors (Lipinski definition) is 5. The van der Waals surface area contributed by atoms with Gasteiger partial charge in [0, 0.05) is 23.5 Å². The third kappa shape index (κ3) is 4.55. The molecule has 12 heteroatoms. The molecule has 6 nitrogen and oxygen atoms in total. The molecule has 2 amide bonds. The number of nitrogens with zero attached hydrogens (tertiary/aromatic N) is 3. The standard InChI is InChI=1S/C23H17ClF4N4O2S/c24-15-3-2-13(16(7-15)23(26,27)28)11-31-18-4-1-12(5-14(18)8-30-31)6-20-21(33)32(22(34)35-20)19-10-29-9-17(19)25/h1-8,17,19,29H,9-11H2/b20-6-/t17-,19?/m1/s1. The van der Waals surface area contributed by atoms with Crippen LogP contribution in [0.1, 0.15) is 16.7 Å². The highest BCUT2D eigenvalue weighted by molar-refractivity contribution is 8.18. The van der Waals surface area contributed by atoms with E-state index < -0.39 is 35.1 Å². The normalized spacial score (nSPS) is 22.2. The van der Waals surface area contributed by atoms with E-state index in [1.54, 1.807) is 18.2 Å². The number of amides is 2. The van der Waals surface area contributed by atoms with Gasteiger partial charge in [-0.1, -0.05) is 23.7 Å². The van der Waals surface area contributed by atoms with Crippen LogP contribution in [0.15, 0.2) is 47.5 Å². The van der Waals surface area contributed by atoms with Crippen LogP contribution in [0, 0.1) is 0 Å². The molecule has 0 spiro atoms. The van der Waals surface area contributed by atoms with Gasteiger partial charge in [-0.2, -0.15) is 18.3 Å². The Morgan fingerprint density at radius 1 is 1.17 bits per heavy atom. The molecule has 0 saturated carbocycles. The van der Waals surface area contributed by atoms with Gasteiger partial charge in [-0.05, 0) is 53.2 Å². The lowest BCUT2D eigenvalue weighted by Crippen LogP contribution is -2.44. The lowest BCUT2D eigenvalue weighted by molar-refractivity contribution is -0.138. The molecule has 3 heterocycles. The molecule has 1 N–H and O–H groups in total. The number of aromatic nitrogens is 2. The average molecular weight is 525 g/mol. The summed E-state index contributed by atoms with van der Waals surface area (Å²) < 4.78 is 55.9. The van der Waals surface area contributed by atoms with E-state index in [1.165, 1.54) is 29.1 Å². The van der Waals surface area contributed by atoms with Crippen LogP contribution in [0.4, 0.5) is 22.4 Å². The highest BCUT2D eigenvalue weighted by Crippen LogP contribution is 2.36. The molecule has 35 heavy (non-hydrogen) atoms. The minimum absolute atomic E-state index is 0.00770. The first kappa shape index (κ1) is 23.8. The van der Waals surface area contributed by atoms with Crippen LogP contribution < -0.4 is 5.32 Å². The van der Waals surface area contributed by atoms with Gasteiger partial charge in [-0.3, -0.25) is 19.2 Å². The molecule has 0 aliphatic carbocycles. The van der Waals surface area contributed by atoms with E-state index in [1.807, 2.05) is 0 Å². The zero-order chi connectivity index (χ0) is 24.9. The fourth-order valence-electron chi connectivity index (χ4n) is 4.24. The zero-order valence-corrected chi connectivity index (χ0v) is 19.4. The molecule has 2 aliphatic rings. The molecule has 2 saturated heterocycles. The molecule has 2 aliphatic heterocycles.